The molecule has 2 aromatic carbocycles. The Hall–Kier alpha value is -2.25. The number of hydrogen-bond donors (Lipinski definition) is 1. The van der Waals surface area contributed by atoms with Crippen LogP contribution >= 0.6 is 15.9 Å². The smallest absolute Gasteiger partial charge is 0.255 e. The van der Waals surface area contributed by atoms with Crippen molar-refractivity contribution in [2.75, 3.05) is 11.9 Å². The van der Waals surface area contributed by atoms with Gasteiger partial charge in [-0.3, -0.25) is 4.79 Å². The van der Waals surface area contributed by atoms with Crippen LogP contribution in [0.1, 0.15) is 10.4 Å². The van der Waals surface area contributed by atoms with Gasteiger partial charge >= 0.3 is 0 Å². The second kappa shape index (κ2) is 6.78. The van der Waals surface area contributed by atoms with Crippen molar-refractivity contribution in [3.8, 4) is 18.1 Å². The summed E-state index contributed by atoms with van der Waals surface area (Å²) in [6.45, 7) is 0.212. The van der Waals surface area contributed by atoms with Crippen molar-refractivity contribution in [3.63, 3.8) is 0 Å². The van der Waals surface area contributed by atoms with Crippen LogP contribution in [0.4, 0.5) is 5.69 Å². The predicted octanol–water partition coefficient (Wildman–Crippen LogP) is 3.71. The Labute approximate surface area is 126 Å². The van der Waals surface area contributed by atoms with Gasteiger partial charge in [-0.05, 0) is 42.5 Å². The van der Waals surface area contributed by atoms with Gasteiger partial charge in [0.25, 0.3) is 5.91 Å². The van der Waals surface area contributed by atoms with E-state index in [1.54, 1.807) is 24.3 Å². The van der Waals surface area contributed by atoms with Gasteiger partial charge in [0.1, 0.15) is 12.4 Å². The highest BCUT2D eigenvalue weighted by Gasteiger charge is 2.06. The second-order valence-electron chi connectivity index (χ2n) is 3.98. The summed E-state index contributed by atoms with van der Waals surface area (Å²) in [5.41, 5.74) is 1.29. The van der Waals surface area contributed by atoms with Crippen LogP contribution in [0, 0.1) is 12.3 Å². The third-order valence-electron chi connectivity index (χ3n) is 2.52. The highest BCUT2D eigenvalue weighted by Crippen LogP contribution is 2.17. The molecular formula is C16H12BrNO2. The molecule has 0 bridgehead atoms. The average molecular weight is 330 g/mol. The molecule has 1 N–H and O–H groups in total. The summed E-state index contributed by atoms with van der Waals surface area (Å²) in [5.74, 6) is 2.85. The minimum absolute atomic E-state index is 0.174. The summed E-state index contributed by atoms with van der Waals surface area (Å²) >= 11 is 3.36. The largest absolute Gasteiger partial charge is 0.481 e. The van der Waals surface area contributed by atoms with Crippen LogP contribution in [-0.4, -0.2) is 12.5 Å². The molecule has 0 unspecified atom stereocenters. The van der Waals surface area contributed by atoms with Crippen LogP contribution in [0.2, 0.25) is 0 Å². The zero-order valence-corrected chi connectivity index (χ0v) is 12.2. The van der Waals surface area contributed by atoms with Gasteiger partial charge < -0.3 is 10.1 Å². The fraction of sp³-hybridized carbons (Fsp3) is 0.0625. The number of ether oxygens (including phenoxy) is 1. The molecule has 0 aliphatic rings. The van der Waals surface area contributed by atoms with Crippen LogP contribution in [0.25, 0.3) is 0 Å². The van der Waals surface area contributed by atoms with E-state index in [1.165, 1.54) is 0 Å². The van der Waals surface area contributed by atoms with E-state index in [0.717, 1.165) is 10.2 Å². The zero-order chi connectivity index (χ0) is 14.4. The Balaban J connectivity index is 2.04. The van der Waals surface area contributed by atoms with Gasteiger partial charge in [-0.25, -0.2) is 0 Å². The normalized spacial score (nSPS) is 9.60. The van der Waals surface area contributed by atoms with Crippen molar-refractivity contribution in [1.82, 2.24) is 0 Å². The van der Waals surface area contributed by atoms with E-state index < -0.39 is 0 Å². The number of benzene rings is 2. The van der Waals surface area contributed by atoms with Gasteiger partial charge in [0.15, 0.2) is 0 Å². The number of amides is 1. The fourth-order valence-electron chi connectivity index (χ4n) is 1.60. The van der Waals surface area contributed by atoms with E-state index in [2.05, 4.69) is 27.2 Å². The summed E-state index contributed by atoms with van der Waals surface area (Å²) in [4.78, 5) is 12.1. The number of anilines is 1. The molecule has 0 fully saturated rings. The van der Waals surface area contributed by atoms with Crippen molar-refractivity contribution in [3.05, 3.63) is 58.6 Å². The Morgan fingerprint density at radius 3 is 2.65 bits per heavy atom. The van der Waals surface area contributed by atoms with Gasteiger partial charge in [0.2, 0.25) is 0 Å². The molecule has 0 spiro atoms. The maximum Gasteiger partial charge on any atom is 0.255 e. The molecule has 0 aromatic heterocycles. The van der Waals surface area contributed by atoms with E-state index in [-0.39, 0.29) is 12.5 Å². The minimum Gasteiger partial charge on any atom is -0.481 e. The molecule has 0 aliphatic heterocycles. The number of rotatable bonds is 4. The summed E-state index contributed by atoms with van der Waals surface area (Å²) in [7, 11) is 0. The topological polar surface area (TPSA) is 38.3 Å². The molecule has 1 amide bonds. The summed E-state index contributed by atoms with van der Waals surface area (Å²) in [6, 6.07) is 14.2. The second-order valence-corrected chi connectivity index (χ2v) is 4.90. The number of nitrogens with one attached hydrogen (secondary N) is 1. The molecule has 0 radical (unpaired) electrons. The molecule has 0 atom stereocenters. The monoisotopic (exact) mass is 329 g/mol. The average Bonchev–Trinajstić information content (AvgIpc) is 2.45. The van der Waals surface area contributed by atoms with Gasteiger partial charge in [-0.2, -0.15) is 0 Å². The van der Waals surface area contributed by atoms with Crippen molar-refractivity contribution in [2.45, 2.75) is 0 Å². The highest BCUT2D eigenvalue weighted by molar-refractivity contribution is 9.10. The molecule has 0 heterocycles. The van der Waals surface area contributed by atoms with Crippen LogP contribution in [0.5, 0.6) is 5.75 Å². The van der Waals surface area contributed by atoms with Crippen molar-refractivity contribution < 1.29 is 9.53 Å². The predicted molar refractivity (Wildman–Crippen MR) is 82.9 cm³/mol. The fourth-order valence-corrected chi connectivity index (χ4v) is 2.00. The molecule has 3 nitrogen and oxygen atoms in total. The Morgan fingerprint density at radius 1 is 1.25 bits per heavy atom. The zero-order valence-electron chi connectivity index (χ0n) is 10.6. The Kier molecular flexibility index (Phi) is 4.80. The quantitative estimate of drug-likeness (QED) is 0.868. The van der Waals surface area contributed by atoms with Crippen LogP contribution in [0.3, 0.4) is 0 Å². The maximum absolute atomic E-state index is 12.1. The van der Waals surface area contributed by atoms with Gasteiger partial charge in [0, 0.05) is 15.7 Å². The van der Waals surface area contributed by atoms with E-state index >= 15 is 0 Å². The number of terminal acetylenes is 1. The minimum atomic E-state index is -0.174. The molecule has 0 saturated heterocycles. The van der Waals surface area contributed by atoms with E-state index in [0.29, 0.717) is 11.3 Å². The number of carbonyl (C=O) groups excluding carboxylic acids is 1. The lowest BCUT2D eigenvalue weighted by Gasteiger charge is -2.07. The first-order valence-electron chi connectivity index (χ1n) is 5.92. The molecule has 20 heavy (non-hydrogen) atoms. The molecule has 4 heteroatoms. The van der Waals surface area contributed by atoms with Crippen LogP contribution in [0.15, 0.2) is 53.0 Å². The van der Waals surface area contributed by atoms with Crippen molar-refractivity contribution >= 4 is 27.5 Å². The number of hydrogen-bond acceptors (Lipinski definition) is 2. The lowest BCUT2D eigenvalue weighted by atomic mass is 10.2. The van der Waals surface area contributed by atoms with E-state index in [4.69, 9.17) is 11.2 Å². The first-order chi connectivity index (χ1) is 9.69. The summed E-state index contributed by atoms with van der Waals surface area (Å²) in [6.07, 6.45) is 5.11. The molecule has 2 rings (SSSR count). The number of halogens is 1. The summed E-state index contributed by atoms with van der Waals surface area (Å²) < 4.78 is 6.16. The SMILES string of the molecule is C#CCOc1ccc(C(=O)Nc2cccc(Br)c2)cc1. The van der Waals surface area contributed by atoms with E-state index in [9.17, 15) is 4.79 Å². The Morgan fingerprint density at radius 2 is 2.00 bits per heavy atom. The van der Waals surface area contributed by atoms with Gasteiger partial charge in [0.05, 0.1) is 0 Å². The molecule has 2 aromatic rings. The van der Waals surface area contributed by atoms with Crippen molar-refractivity contribution in [1.29, 1.82) is 0 Å². The first-order valence-corrected chi connectivity index (χ1v) is 6.71. The third-order valence-corrected chi connectivity index (χ3v) is 3.01. The lowest BCUT2D eigenvalue weighted by molar-refractivity contribution is 0.102. The van der Waals surface area contributed by atoms with Gasteiger partial charge in [-0.15, -0.1) is 6.42 Å². The summed E-state index contributed by atoms with van der Waals surface area (Å²) in [5, 5.41) is 2.82. The van der Waals surface area contributed by atoms with Crippen molar-refractivity contribution in [2.24, 2.45) is 0 Å². The third kappa shape index (κ3) is 3.87. The lowest BCUT2D eigenvalue weighted by Crippen LogP contribution is -2.11. The first kappa shape index (κ1) is 14.2. The standard InChI is InChI=1S/C16H12BrNO2/c1-2-10-20-15-8-6-12(7-9-15)16(19)18-14-5-3-4-13(17)11-14/h1,3-9,11H,10H2,(H,18,19). The molecule has 0 saturated carbocycles. The Bertz CT molecular complexity index is 644. The maximum atomic E-state index is 12.1. The highest BCUT2D eigenvalue weighted by atomic mass is 79.9. The van der Waals surface area contributed by atoms with E-state index in [1.807, 2.05) is 24.3 Å². The van der Waals surface area contributed by atoms with Crippen LogP contribution < -0.4 is 10.1 Å². The van der Waals surface area contributed by atoms with Crippen LogP contribution in [-0.2, 0) is 0 Å². The number of carbonyl (C=O) groups is 1. The molecular weight excluding hydrogens is 318 g/mol. The molecule has 100 valence electrons. The van der Waals surface area contributed by atoms with Gasteiger partial charge in [-0.1, -0.05) is 27.9 Å². The molecule has 0 aliphatic carbocycles.